The smallest absolute Gasteiger partial charge is 0.409 e. The van der Waals surface area contributed by atoms with Crippen LogP contribution < -0.4 is 5.32 Å². The van der Waals surface area contributed by atoms with Gasteiger partial charge in [0.2, 0.25) is 5.95 Å². The molecule has 3 heterocycles. The molecule has 2 fully saturated rings. The number of amides is 2. The van der Waals surface area contributed by atoms with Gasteiger partial charge in [0.15, 0.2) is 0 Å². The Morgan fingerprint density at radius 3 is 2.26 bits per heavy atom. The third-order valence-corrected chi connectivity index (χ3v) is 5.32. The Morgan fingerprint density at radius 2 is 1.67 bits per heavy atom. The zero-order chi connectivity index (χ0) is 19.2. The highest BCUT2D eigenvalue weighted by Crippen LogP contribution is 2.19. The predicted octanol–water partition coefficient (Wildman–Crippen LogP) is 2.38. The van der Waals surface area contributed by atoms with Crippen LogP contribution in [0.25, 0.3) is 0 Å². The Kier molecular flexibility index (Phi) is 6.47. The number of aromatic nitrogens is 2. The number of anilines is 1. The Labute approximate surface area is 160 Å². The van der Waals surface area contributed by atoms with Crippen molar-refractivity contribution in [3.05, 3.63) is 18.0 Å². The molecule has 8 nitrogen and oxygen atoms in total. The number of hydrogen-bond donors (Lipinski definition) is 1. The first-order valence-electron chi connectivity index (χ1n) is 9.86. The van der Waals surface area contributed by atoms with Crippen molar-refractivity contribution in [1.82, 2.24) is 19.8 Å². The van der Waals surface area contributed by atoms with Crippen molar-refractivity contribution in [3.63, 3.8) is 0 Å². The minimum atomic E-state index is -0.248. The van der Waals surface area contributed by atoms with Gasteiger partial charge in [0.05, 0.1) is 12.2 Å². The van der Waals surface area contributed by atoms with E-state index in [2.05, 4.69) is 22.2 Å². The first kappa shape index (κ1) is 19.4. The van der Waals surface area contributed by atoms with Gasteiger partial charge in [-0.2, -0.15) is 0 Å². The Morgan fingerprint density at radius 1 is 1.07 bits per heavy atom. The quantitative estimate of drug-likeness (QED) is 0.869. The maximum atomic E-state index is 12.5. The molecular formula is C19H29N5O3. The molecule has 0 aliphatic carbocycles. The number of carbonyl (C=O) groups excluding carboxylic acids is 2. The lowest BCUT2D eigenvalue weighted by Gasteiger charge is -2.31. The topological polar surface area (TPSA) is 87.7 Å². The van der Waals surface area contributed by atoms with Gasteiger partial charge in [-0.25, -0.2) is 14.8 Å². The Hall–Kier alpha value is -2.38. The molecule has 2 aliphatic heterocycles. The van der Waals surface area contributed by atoms with E-state index in [9.17, 15) is 9.59 Å². The van der Waals surface area contributed by atoms with Crippen molar-refractivity contribution in [1.29, 1.82) is 0 Å². The number of likely N-dealkylation sites (tertiary alicyclic amines) is 2. The molecule has 0 unspecified atom stereocenters. The fraction of sp³-hybridized carbons (Fsp3) is 0.684. The van der Waals surface area contributed by atoms with E-state index in [0.717, 1.165) is 38.8 Å². The molecule has 8 heteroatoms. The van der Waals surface area contributed by atoms with Gasteiger partial charge in [-0.1, -0.05) is 6.92 Å². The average molecular weight is 375 g/mol. The second-order valence-corrected chi connectivity index (χ2v) is 7.37. The van der Waals surface area contributed by atoms with Gasteiger partial charge in [0.1, 0.15) is 0 Å². The molecule has 1 aromatic rings. The summed E-state index contributed by atoms with van der Waals surface area (Å²) in [4.78, 5) is 36.5. The van der Waals surface area contributed by atoms with E-state index in [-0.39, 0.29) is 18.0 Å². The van der Waals surface area contributed by atoms with E-state index < -0.39 is 0 Å². The normalized spacial score (nSPS) is 19.0. The van der Waals surface area contributed by atoms with Crippen molar-refractivity contribution in [2.75, 3.05) is 38.1 Å². The zero-order valence-corrected chi connectivity index (χ0v) is 16.2. The summed E-state index contributed by atoms with van der Waals surface area (Å²) in [6.07, 6.45) is 6.69. The molecule has 0 atom stereocenters. The van der Waals surface area contributed by atoms with Crippen molar-refractivity contribution in [2.45, 2.75) is 45.6 Å². The third-order valence-electron chi connectivity index (χ3n) is 5.32. The second kappa shape index (κ2) is 9.01. The fourth-order valence-corrected chi connectivity index (χ4v) is 3.51. The van der Waals surface area contributed by atoms with Gasteiger partial charge in [-0.05, 0) is 38.5 Å². The highest BCUT2D eigenvalue weighted by molar-refractivity contribution is 5.93. The van der Waals surface area contributed by atoms with Crippen molar-refractivity contribution in [2.24, 2.45) is 5.92 Å². The molecule has 0 spiro atoms. The number of carbonyl (C=O) groups is 2. The molecule has 2 aliphatic rings. The molecule has 3 rings (SSSR count). The van der Waals surface area contributed by atoms with Crippen LogP contribution in [0.4, 0.5) is 10.7 Å². The van der Waals surface area contributed by atoms with Crippen LogP contribution in [-0.4, -0.2) is 70.6 Å². The van der Waals surface area contributed by atoms with Crippen LogP contribution in [0.15, 0.2) is 12.4 Å². The summed E-state index contributed by atoms with van der Waals surface area (Å²) in [7, 11) is 0. The molecule has 2 saturated heterocycles. The van der Waals surface area contributed by atoms with E-state index in [1.807, 2.05) is 11.8 Å². The van der Waals surface area contributed by atoms with E-state index in [1.54, 1.807) is 17.3 Å². The molecule has 0 radical (unpaired) electrons. The van der Waals surface area contributed by atoms with Gasteiger partial charge in [0, 0.05) is 44.6 Å². The molecule has 1 aromatic heterocycles. The summed E-state index contributed by atoms with van der Waals surface area (Å²) in [6, 6.07) is 0.209. The van der Waals surface area contributed by atoms with E-state index in [1.165, 1.54) is 0 Å². The number of rotatable bonds is 4. The molecule has 0 saturated carbocycles. The van der Waals surface area contributed by atoms with E-state index >= 15 is 0 Å². The standard InChI is InChI=1S/C19H29N5O3/c1-3-27-19(26)24-10-6-16(7-11-24)22-18-20-12-15(13-21-18)17(25)23-8-4-14(2)5-9-23/h12-14,16H,3-11H2,1-2H3,(H,20,21,22). The van der Waals surface area contributed by atoms with Crippen molar-refractivity contribution < 1.29 is 14.3 Å². The highest BCUT2D eigenvalue weighted by Gasteiger charge is 2.25. The molecular weight excluding hydrogens is 346 g/mol. The summed E-state index contributed by atoms with van der Waals surface area (Å²) in [5.74, 6) is 1.22. The number of hydrogen-bond acceptors (Lipinski definition) is 6. The minimum Gasteiger partial charge on any atom is -0.450 e. The highest BCUT2D eigenvalue weighted by atomic mass is 16.6. The summed E-state index contributed by atoms with van der Waals surface area (Å²) in [5.41, 5.74) is 0.534. The lowest BCUT2D eigenvalue weighted by molar-refractivity contribution is 0.0696. The van der Waals surface area contributed by atoms with Crippen LogP contribution in [0.2, 0.25) is 0 Å². The first-order chi connectivity index (χ1) is 13.1. The summed E-state index contributed by atoms with van der Waals surface area (Å²) < 4.78 is 5.03. The van der Waals surface area contributed by atoms with Crippen LogP contribution >= 0.6 is 0 Å². The number of piperidine rings is 2. The predicted molar refractivity (Wildman–Crippen MR) is 102 cm³/mol. The van der Waals surface area contributed by atoms with E-state index in [4.69, 9.17) is 4.74 Å². The third kappa shape index (κ3) is 5.08. The van der Waals surface area contributed by atoms with Crippen molar-refractivity contribution >= 4 is 17.9 Å². The largest absolute Gasteiger partial charge is 0.450 e. The first-order valence-corrected chi connectivity index (χ1v) is 9.86. The van der Waals surface area contributed by atoms with Crippen molar-refractivity contribution in [3.8, 4) is 0 Å². The maximum absolute atomic E-state index is 12.5. The molecule has 27 heavy (non-hydrogen) atoms. The monoisotopic (exact) mass is 375 g/mol. The molecule has 1 N–H and O–H groups in total. The van der Waals surface area contributed by atoms with Gasteiger partial charge in [0.25, 0.3) is 5.91 Å². The second-order valence-electron chi connectivity index (χ2n) is 7.37. The number of ether oxygens (including phenoxy) is 1. The van der Waals surface area contributed by atoms with Crippen LogP contribution in [0.1, 0.15) is 49.9 Å². The van der Waals surface area contributed by atoms with E-state index in [0.29, 0.717) is 37.1 Å². The van der Waals surface area contributed by atoms with Gasteiger partial charge < -0.3 is 19.9 Å². The van der Waals surface area contributed by atoms with Gasteiger partial charge in [-0.15, -0.1) is 0 Å². The lowest BCUT2D eigenvalue weighted by atomic mass is 9.99. The summed E-state index contributed by atoms with van der Waals surface area (Å²) in [5, 5.41) is 3.30. The van der Waals surface area contributed by atoms with Crippen LogP contribution in [0.3, 0.4) is 0 Å². The lowest BCUT2D eigenvalue weighted by Crippen LogP contribution is -2.42. The molecule has 148 valence electrons. The Bertz CT molecular complexity index is 635. The number of nitrogens with one attached hydrogen (secondary N) is 1. The summed E-state index contributed by atoms with van der Waals surface area (Å²) in [6.45, 7) is 7.34. The molecule has 0 aromatic carbocycles. The van der Waals surface area contributed by atoms with Crippen LogP contribution in [-0.2, 0) is 4.74 Å². The van der Waals surface area contributed by atoms with Gasteiger partial charge in [-0.3, -0.25) is 4.79 Å². The molecule has 2 amide bonds. The maximum Gasteiger partial charge on any atom is 0.409 e. The average Bonchev–Trinajstić information content (AvgIpc) is 2.69. The van der Waals surface area contributed by atoms with Gasteiger partial charge >= 0.3 is 6.09 Å². The van der Waals surface area contributed by atoms with Crippen LogP contribution in [0, 0.1) is 5.92 Å². The summed E-state index contributed by atoms with van der Waals surface area (Å²) >= 11 is 0. The molecule has 0 bridgehead atoms. The minimum absolute atomic E-state index is 0.0104. The fourth-order valence-electron chi connectivity index (χ4n) is 3.51. The SMILES string of the molecule is CCOC(=O)N1CCC(Nc2ncc(C(=O)N3CCC(C)CC3)cn2)CC1. The Balaban J connectivity index is 1.48. The van der Waals surface area contributed by atoms with Crippen LogP contribution in [0.5, 0.6) is 0 Å². The zero-order valence-electron chi connectivity index (χ0n) is 16.2. The number of nitrogens with zero attached hydrogens (tertiary/aromatic N) is 4.